The van der Waals surface area contributed by atoms with Crippen LogP contribution in [-0.4, -0.2) is 20.6 Å². The second-order valence-electron chi connectivity index (χ2n) is 7.31. The molecule has 28 heavy (non-hydrogen) atoms. The molecule has 1 N–H and O–H groups in total. The summed E-state index contributed by atoms with van der Waals surface area (Å²) in [5, 5.41) is 12.5. The standard InChI is InChI=1S/C21H17ClN2O4/c1-2-21(27)8-17(25)28-10-13-14(21)7-16-19-12(9-24(16)20(13)26)18(22)11-5-3-4-6-15(11)23-19/h3-7,27H,2,8-10H2,1H3/t21-/m1/s1. The smallest absolute Gasteiger partial charge is 0.309 e. The molecule has 5 rings (SSSR count). The van der Waals surface area contributed by atoms with Gasteiger partial charge in [-0.25, -0.2) is 4.98 Å². The van der Waals surface area contributed by atoms with E-state index in [9.17, 15) is 14.7 Å². The number of rotatable bonds is 1. The Morgan fingerprint density at radius 1 is 1.29 bits per heavy atom. The van der Waals surface area contributed by atoms with E-state index in [1.54, 1.807) is 17.6 Å². The molecule has 2 aromatic heterocycles. The van der Waals surface area contributed by atoms with Gasteiger partial charge in [0.2, 0.25) is 0 Å². The molecule has 0 saturated heterocycles. The van der Waals surface area contributed by atoms with Gasteiger partial charge in [0.1, 0.15) is 12.2 Å². The molecule has 142 valence electrons. The first-order valence-electron chi connectivity index (χ1n) is 9.15. The van der Waals surface area contributed by atoms with Crippen molar-refractivity contribution in [2.75, 3.05) is 0 Å². The number of cyclic esters (lactones) is 1. The predicted molar refractivity (Wildman–Crippen MR) is 104 cm³/mol. The van der Waals surface area contributed by atoms with Gasteiger partial charge in [-0.1, -0.05) is 36.7 Å². The Morgan fingerprint density at radius 3 is 2.86 bits per heavy atom. The van der Waals surface area contributed by atoms with Gasteiger partial charge in [0.15, 0.2) is 0 Å². The number of fused-ring (bicyclic) bond motifs is 5. The lowest BCUT2D eigenvalue weighted by Gasteiger charge is -2.26. The van der Waals surface area contributed by atoms with Gasteiger partial charge in [0, 0.05) is 10.9 Å². The van der Waals surface area contributed by atoms with Crippen LogP contribution in [0.15, 0.2) is 35.1 Å². The maximum absolute atomic E-state index is 13.2. The number of carbonyl (C=O) groups is 1. The van der Waals surface area contributed by atoms with Crippen LogP contribution in [0.25, 0.3) is 22.3 Å². The van der Waals surface area contributed by atoms with Crippen LogP contribution < -0.4 is 5.56 Å². The van der Waals surface area contributed by atoms with E-state index in [2.05, 4.69) is 0 Å². The lowest BCUT2D eigenvalue weighted by atomic mass is 9.85. The number of esters is 1. The van der Waals surface area contributed by atoms with Crippen molar-refractivity contribution in [2.45, 2.75) is 38.5 Å². The van der Waals surface area contributed by atoms with Gasteiger partial charge >= 0.3 is 5.97 Å². The fraction of sp³-hybridized carbons (Fsp3) is 0.286. The summed E-state index contributed by atoms with van der Waals surface area (Å²) in [5.74, 6) is -0.516. The third-order valence-corrected chi connectivity index (χ3v) is 6.21. The van der Waals surface area contributed by atoms with Crippen molar-refractivity contribution in [2.24, 2.45) is 0 Å². The lowest BCUT2D eigenvalue weighted by molar-refractivity contribution is -0.149. The van der Waals surface area contributed by atoms with E-state index in [0.717, 1.165) is 16.5 Å². The Hall–Kier alpha value is -2.70. The zero-order chi connectivity index (χ0) is 19.6. The maximum Gasteiger partial charge on any atom is 0.309 e. The number of nitrogens with zero attached hydrogens (tertiary/aromatic N) is 2. The number of para-hydroxylation sites is 1. The van der Waals surface area contributed by atoms with Crippen molar-refractivity contribution < 1.29 is 14.6 Å². The first kappa shape index (κ1) is 17.4. The zero-order valence-electron chi connectivity index (χ0n) is 15.2. The number of aromatic nitrogens is 2. The SMILES string of the molecule is CC[C@@]1(O)CC(=O)OCc2c1cc1n(c2=O)Cc2c-1nc1ccccc1c2Cl. The van der Waals surface area contributed by atoms with E-state index in [1.165, 1.54) is 0 Å². The monoisotopic (exact) mass is 396 g/mol. The molecule has 2 aliphatic rings. The van der Waals surface area contributed by atoms with Crippen LogP contribution in [0.5, 0.6) is 0 Å². The molecular formula is C21H17ClN2O4. The van der Waals surface area contributed by atoms with Gasteiger partial charge in [-0.15, -0.1) is 0 Å². The van der Waals surface area contributed by atoms with Crippen LogP contribution >= 0.6 is 11.6 Å². The summed E-state index contributed by atoms with van der Waals surface area (Å²) in [7, 11) is 0. The van der Waals surface area contributed by atoms with E-state index >= 15 is 0 Å². The van der Waals surface area contributed by atoms with E-state index < -0.39 is 11.6 Å². The Morgan fingerprint density at radius 2 is 2.07 bits per heavy atom. The third-order valence-electron chi connectivity index (χ3n) is 5.78. The molecular weight excluding hydrogens is 380 g/mol. The first-order valence-corrected chi connectivity index (χ1v) is 9.53. The quantitative estimate of drug-likeness (QED) is 0.500. The fourth-order valence-electron chi connectivity index (χ4n) is 4.18. The Labute approximate surface area is 165 Å². The lowest BCUT2D eigenvalue weighted by Crippen LogP contribution is -2.32. The number of benzene rings is 1. The molecule has 0 aliphatic carbocycles. The maximum atomic E-state index is 13.2. The summed E-state index contributed by atoms with van der Waals surface area (Å²) in [6.07, 6.45) is 0.106. The van der Waals surface area contributed by atoms with E-state index in [1.807, 2.05) is 24.3 Å². The Bertz CT molecular complexity index is 1230. The number of halogens is 1. The van der Waals surface area contributed by atoms with E-state index in [-0.39, 0.29) is 25.0 Å². The molecule has 1 aromatic carbocycles. The Kier molecular flexibility index (Phi) is 3.66. The molecule has 6 nitrogen and oxygen atoms in total. The normalized spacial score (nSPS) is 20.3. The van der Waals surface area contributed by atoms with E-state index in [0.29, 0.717) is 34.1 Å². The molecule has 2 aliphatic heterocycles. The average molecular weight is 397 g/mol. The summed E-state index contributed by atoms with van der Waals surface area (Å²) < 4.78 is 6.77. The van der Waals surface area contributed by atoms with Crippen LogP contribution in [0.4, 0.5) is 0 Å². The van der Waals surface area contributed by atoms with Crippen LogP contribution in [0, 0.1) is 0 Å². The average Bonchev–Trinajstić information content (AvgIpc) is 3.00. The third kappa shape index (κ3) is 2.28. The molecule has 0 unspecified atom stereocenters. The van der Waals surface area contributed by atoms with E-state index in [4.69, 9.17) is 21.3 Å². The van der Waals surface area contributed by atoms with Crippen LogP contribution in [0.3, 0.4) is 0 Å². The second-order valence-corrected chi connectivity index (χ2v) is 7.68. The van der Waals surface area contributed by atoms with Gasteiger partial charge in [-0.3, -0.25) is 9.59 Å². The molecule has 0 saturated carbocycles. The topological polar surface area (TPSA) is 81.4 Å². The molecule has 4 heterocycles. The highest BCUT2D eigenvalue weighted by atomic mass is 35.5. The summed E-state index contributed by atoms with van der Waals surface area (Å²) in [5.41, 5.74) is 1.80. The number of pyridine rings is 2. The van der Waals surface area contributed by atoms with Crippen LogP contribution in [-0.2, 0) is 28.3 Å². The van der Waals surface area contributed by atoms with Gasteiger partial charge < -0.3 is 14.4 Å². The predicted octanol–water partition coefficient (Wildman–Crippen LogP) is 3.12. The minimum Gasteiger partial charge on any atom is -0.460 e. The molecule has 0 fully saturated rings. The van der Waals surface area contributed by atoms with Crippen molar-refractivity contribution in [3.63, 3.8) is 0 Å². The number of aliphatic hydroxyl groups is 1. The molecule has 0 amide bonds. The largest absolute Gasteiger partial charge is 0.460 e. The van der Waals surface area contributed by atoms with Gasteiger partial charge in [0.25, 0.3) is 5.56 Å². The summed E-state index contributed by atoms with van der Waals surface area (Å²) in [6.45, 7) is 1.94. The fourth-order valence-corrected chi connectivity index (χ4v) is 4.48. The van der Waals surface area contributed by atoms with Crippen LogP contribution in [0.1, 0.15) is 36.5 Å². The minimum absolute atomic E-state index is 0.144. The molecule has 1 atom stereocenters. The number of hydrogen-bond donors (Lipinski definition) is 1. The molecule has 0 bridgehead atoms. The van der Waals surface area contributed by atoms with Crippen LogP contribution in [0.2, 0.25) is 5.02 Å². The Balaban J connectivity index is 1.82. The molecule has 0 radical (unpaired) electrons. The highest BCUT2D eigenvalue weighted by molar-refractivity contribution is 6.36. The van der Waals surface area contributed by atoms with Crippen molar-refractivity contribution in [3.05, 3.63) is 62.4 Å². The minimum atomic E-state index is -1.44. The zero-order valence-corrected chi connectivity index (χ0v) is 15.9. The molecule has 7 heteroatoms. The van der Waals surface area contributed by atoms with Gasteiger partial charge in [0.05, 0.1) is 40.5 Å². The van der Waals surface area contributed by atoms with Gasteiger partial charge in [-0.05, 0) is 24.1 Å². The summed E-state index contributed by atoms with van der Waals surface area (Å²) in [6, 6.07) is 9.33. The van der Waals surface area contributed by atoms with Crippen molar-refractivity contribution >= 4 is 28.5 Å². The molecule has 0 spiro atoms. The number of carbonyl (C=O) groups excluding carboxylic acids is 1. The van der Waals surface area contributed by atoms with Crippen molar-refractivity contribution in [1.29, 1.82) is 0 Å². The highest BCUT2D eigenvalue weighted by Crippen LogP contribution is 2.41. The highest BCUT2D eigenvalue weighted by Gasteiger charge is 2.39. The summed E-state index contributed by atoms with van der Waals surface area (Å²) in [4.78, 5) is 29.9. The first-order chi connectivity index (χ1) is 13.4. The number of ether oxygens (including phenoxy) is 1. The number of hydrogen-bond acceptors (Lipinski definition) is 5. The van der Waals surface area contributed by atoms with Crippen molar-refractivity contribution in [3.8, 4) is 11.4 Å². The summed E-state index contributed by atoms with van der Waals surface area (Å²) >= 11 is 6.64. The van der Waals surface area contributed by atoms with Gasteiger partial charge in [-0.2, -0.15) is 0 Å². The van der Waals surface area contributed by atoms with Crippen molar-refractivity contribution in [1.82, 2.24) is 9.55 Å². The second kappa shape index (κ2) is 5.90. The molecule has 3 aromatic rings.